The molecule has 1 atom stereocenters. The molecule has 0 aromatic rings. The molecular formula is C22H36. The summed E-state index contributed by atoms with van der Waals surface area (Å²) >= 11 is 0. The Hall–Kier alpha value is -1.04. The van der Waals surface area contributed by atoms with Gasteiger partial charge in [0, 0.05) is 0 Å². The zero-order valence-electron chi connectivity index (χ0n) is 15.9. The monoisotopic (exact) mass is 300 g/mol. The largest absolute Gasteiger partial charge is 0.0817 e. The summed E-state index contributed by atoms with van der Waals surface area (Å²) in [6.45, 7) is 16.1. The van der Waals surface area contributed by atoms with Crippen LogP contribution in [-0.2, 0) is 0 Å². The van der Waals surface area contributed by atoms with Crippen LogP contribution >= 0.6 is 0 Å². The lowest BCUT2D eigenvalue weighted by molar-refractivity contribution is 0.377. The molecule has 0 nitrogen and oxygen atoms in total. The summed E-state index contributed by atoms with van der Waals surface area (Å²) in [4.78, 5) is 0. The maximum atomic E-state index is 2.38. The van der Waals surface area contributed by atoms with Crippen molar-refractivity contribution in [2.75, 3.05) is 0 Å². The van der Waals surface area contributed by atoms with E-state index < -0.39 is 0 Å². The minimum Gasteiger partial charge on any atom is -0.0817 e. The Labute approximate surface area is 139 Å². The van der Waals surface area contributed by atoms with Crippen molar-refractivity contribution in [2.45, 2.75) is 74.1 Å². The molecule has 0 bridgehead atoms. The van der Waals surface area contributed by atoms with E-state index in [1.165, 1.54) is 31.3 Å². The molecule has 0 amide bonds. The molecule has 0 aromatic heterocycles. The normalized spacial score (nSPS) is 21.4. The van der Waals surface area contributed by atoms with E-state index in [1.807, 2.05) is 0 Å². The van der Waals surface area contributed by atoms with Gasteiger partial charge in [-0.15, -0.1) is 0 Å². The van der Waals surface area contributed by atoms with Crippen molar-refractivity contribution in [3.63, 3.8) is 0 Å². The van der Waals surface area contributed by atoms with Crippen molar-refractivity contribution in [2.24, 2.45) is 17.3 Å². The lowest BCUT2D eigenvalue weighted by Crippen LogP contribution is -2.19. The second-order valence-corrected chi connectivity index (χ2v) is 8.17. The Bertz CT molecular complexity index is 466. The summed E-state index contributed by atoms with van der Waals surface area (Å²) in [5, 5.41) is 0. The average Bonchev–Trinajstić information content (AvgIpc) is 2.36. The fourth-order valence-electron chi connectivity index (χ4n) is 3.50. The quantitative estimate of drug-likeness (QED) is 0.453. The SMILES string of the molecule is CC1=C(/C=C/C(C)=C/C=C/C(C)CC(C)C)C(C)(C)CCC1. The molecule has 0 saturated carbocycles. The third-order valence-corrected chi connectivity index (χ3v) is 4.70. The smallest absolute Gasteiger partial charge is 0.0104 e. The van der Waals surface area contributed by atoms with Crippen LogP contribution in [0.2, 0.25) is 0 Å². The van der Waals surface area contributed by atoms with E-state index >= 15 is 0 Å². The van der Waals surface area contributed by atoms with E-state index in [9.17, 15) is 0 Å². The van der Waals surface area contributed by atoms with Crippen molar-refractivity contribution in [3.8, 4) is 0 Å². The maximum Gasteiger partial charge on any atom is -0.0104 e. The fourth-order valence-corrected chi connectivity index (χ4v) is 3.50. The van der Waals surface area contributed by atoms with E-state index in [0.717, 1.165) is 5.92 Å². The Morgan fingerprint density at radius 2 is 1.91 bits per heavy atom. The van der Waals surface area contributed by atoms with Crippen molar-refractivity contribution in [1.29, 1.82) is 0 Å². The number of allylic oxidation sites excluding steroid dienone is 8. The van der Waals surface area contributed by atoms with Crippen LogP contribution in [0.4, 0.5) is 0 Å². The molecule has 0 fully saturated rings. The van der Waals surface area contributed by atoms with Gasteiger partial charge in [0.2, 0.25) is 0 Å². The van der Waals surface area contributed by atoms with Crippen LogP contribution in [0.1, 0.15) is 74.1 Å². The van der Waals surface area contributed by atoms with E-state index in [4.69, 9.17) is 0 Å². The lowest BCUT2D eigenvalue weighted by atomic mass is 9.72. The first-order valence-electron chi connectivity index (χ1n) is 8.96. The van der Waals surface area contributed by atoms with Gasteiger partial charge in [-0.2, -0.15) is 0 Å². The fraction of sp³-hybridized carbons (Fsp3) is 0.636. The van der Waals surface area contributed by atoms with E-state index in [-0.39, 0.29) is 0 Å². The molecule has 0 spiro atoms. The third-order valence-electron chi connectivity index (χ3n) is 4.70. The van der Waals surface area contributed by atoms with Gasteiger partial charge in [-0.05, 0) is 62.4 Å². The highest BCUT2D eigenvalue weighted by atomic mass is 14.3. The Kier molecular flexibility index (Phi) is 7.39. The van der Waals surface area contributed by atoms with Gasteiger partial charge in [0.05, 0.1) is 0 Å². The molecule has 0 heterocycles. The highest BCUT2D eigenvalue weighted by Gasteiger charge is 2.26. The predicted octanol–water partition coefficient (Wildman–Crippen LogP) is 7.25. The van der Waals surface area contributed by atoms with Gasteiger partial charge < -0.3 is 0 Å². The van der Waals surface area contributed by atoms with Crippen LogP contribution in [0.25, 0.3) is 0 Å². The van der Waals surface area contributed by atoms with Crippen LogP contribution in [-0.4, -0.2) is 0 Å². The maximum absolute atomic E-state index is 2.38. The van der Waals surface area contributed by atoms with Crippen LogP contribution < -0.4 is 0 Å². The van der Waals surface area contributed by atoms with Crippen molar-refractivity contribution < 1.29 is 0 Å². The first-order valence-corrected chi connectivity index (χ1v) is 8.96. The van der Waals surface area contributed by atoms with Gasteiger partial charge in [0.25, 0.3) is 0 Å². The minimum absolute atomic E-state index is 0.334. The molecule has 0 radical (unpaired) electrons. The Balaban J connectivity index is 2.69. The second kappa shape index (κ2) is 8.56. The van der Waals surface area contributed by atoms with Crippen LogP contribution in [0.3, 0.4) is 0 Å². The van der Waals surface area contributed by atoms with Crippen molar-refractivity contribution >= 4 is 0 Å². The second-order valence-electron chi connectivity index (χ2n) is 8.17. The summed E-state index contributed by atoms with van der Waals surface area (Å²) in [7, 11) is 0. The summed E-state index contributed by atoms with van der Waals surface area (Å²) in [6.07, 6.45) is 16.6. The summed E-state index contributed by atoms with van der Waals surface area (Å²) in [5.41, 5.74) is 4.78. The molecule has 124 valence electrons. The molecule has 0 aromatic carbocycles. The molecule has 0 saturated heterocycles. The Morgan fingerprint density at radius 1 is 1.23 bits per heavy atom. The molecular weight excluding hydrogens is 264 g/mol. The molecule has 1 unspecified atom stereocenters. The standard InChI is InChI=1S/C22H36/c1-17(2)16-19(4)11-8-10-18(3)13-14-21-20(5)12-9-15-22(21,6)7/h8,10-11,13-14,17,19H,9,12,15-16H2,1-7H3/b11-8+,14-13+,18-10+. The minimum atomic E-state index is 0.334. The van der Waals surface area contributed by atoms with Gasteiger partial charge in [-0.1, -0.05) is 76.1 Å². The molecule has 1 rings (SSSR count). The summed E-state index contributed by atoms with van der Waals surface area (Å²) in [6, 6.07) is 0. The number of hydrogen-bond acceptors (Lipinski definition) is 0. The van der Waals surface area contributed by atoms with E-state index in [0.29, 0.717) is 11.3 Å². The molecule has 0 aliphatic heterocycles. The first-order chi connectivity index (χ1) is 10.2. The topological polar surface area (TPSA) is 0 Å². The third kappa shape index (κ3) is 6.38. The highest BCUT2D eigenvalue weighted by molar-refractivity contribution is 5.36. The van der Waals surface area contributed by atoms with Crippen molar-refractivity contribution in [1.82, 2.24) is 0 Å². The average molecular weight is 301 g/mol. The zero-order chi connectivity index (χ0) is 16.8. The van der Waals surface area contributed by atoms with Crippen LogP contribution in [0, 0.1) is 17.3 Å². The van der Waals surface area contributed by atoms with Gasteiger partial charge in [-0.25, -0.2) is 0 Å². The number of rotatable bonds is 6. The molecule has 0 N–H and O–H groups in total. The zero-order valence-corrected chi connectivity index (χ0v) is 15.9. The van der Waals surface area contributed by atoms with Gasteiger partial charge in [0.15, 0.2) is 0 Å². The molecule has 1 aliphatic carbocycles. The van der Waals surface area contributed by atoms with Gasteiger partial charge >= 0.3 is 0 Å². The lowest BCUT2D eigenvalue weighted by Gasteiger charge is -2.32. The summed E-state index contributed by atoms with van der Waals surface area (Å²) < 4.78 is 0. The van der Waals surface area contributed by atoms with Gasteiger partial charge in [0.1, 0.15) is 0 Å². The molecule has 0 heteroatoms. The summed E-state index contributed by atoms with van der Waals surface area (Å²) in [5.74, 6) is 1.43. The van der Waals surface area contributed by atoms with Crippen LogP contribution in [0.5, 0.6) is 0 Å². The van der Waals surface area contributed by atoms with Gasteiger partial charge in [-0.3, -0.25) is 0 Å². The van der Waals surface area contributed by atoms with Crippen LogP contribution in [0.15, 0.2) is 47.1 Å². The molecule has 22 heavy (non-hydrogen) atoms. The first kappa shape index (κ1) is 19.0. The predicted molar refractivity (Wildman–Crippen MR) is 101 cm³/mol. The van der Waals surface area contributed by atoms with E-state index in [1.54, 1.807) is 11.1 Å². The highest BCUT2D eigenvalue weighted by Crippen LogP contribution is 2.40. The Morgan fingerprint density at radius 3 is 2.50 bits per heavy atom. The van der Waals surface area contributed by atoms with E-state index in [2.05, 4.69) is 78.8 Å². The number of hydrogen-bond donors (Lipinski definition) is 0. The van der Waals surface area contributed by atoms with Crippen molar-refractivity contribution in [3.05, 3.63) is 47.1 Å². The molecule has 1 aliphatic rings.